The van der Waals surface area contributed by atoms with Gasteiger partial charge >= 0.3 is 5.97 Å². The van der Waals surface area contributed by atoms with E-state index in [0.29, 0.717) is 17.5 Å². The van der Waals surface area contributed by atoms with E-state index in [1.165, 1.54) is 0 Å². The molecule has 7 atom stereocenters. The van der Waals surface area contributed by atoms with Gasteiger partial charge in [0.2, 0.25) is 0 Å². The van der Waals surface area contributed by atoms with Crippen LogP contribution in [0.5, 0.6) is 0 Å². The Kier molecular flexibility index (Phi) is 8.55. The van der Waals surface area contributed by atoms with E-state index in [-0.39, 0.29) is 36.7 Å². The number of ketones is 1. The average Bonchev–Trinajstić information content (AvgIpc) is 2.65. The van der Waals surface area contributed by atoms with E-state index in [0.717, 1.165) is 6.42 Å². The third kappa shape index (κ3) is 6.11. The van der Waals surface area contributed by atoms with Gasteiger partial charge in [-0.05, 0) is 61.5 Å². The van der Waals surface area contributed by atoms with Gasteiger partial charge in [-0.2, -0.15) is 0 Å². The third-order valence-corrected chi connectivity index (χ3v) is 6.21. The quantitative estimate of drug-likeness (QED) is 0.498. The molecule has 7 nitrogen and oxygen atoms in total. The van der Waals surface area contributed by atoms with Crippen molar-refractivity contribution >= 4 is 11.8 Å². The van der Waals surface area contributed by atoms with Crippen LogP contribution in [0, 0.1) is 24.7 Å². The van der Waals surface area contributed by atoms with Crippen molar-refractivity contribution in [2.24, 2.45) is 17.8 Å². The monoisotopic (exact) mass is 422 g/mol. The van der Waals surface area contributed by atoms with E-state index >= 15 is 0 Å². The van der Waals surface area contributed by atoms with E-state index in [4.69, 9.17) is 0 Å². The van der Waals surface area contributed by atoms with Crippen molar-refractivity contribution in [3.63, 3.8) is 0 Å². The molecule has 0 aromatic heterocycles. The highest BCUT2D eigenvalue weighted by atomic mass is 16.4. The van der Waals surface area contributed by atoms with Crippen LogP contribution >= 0.6 is 0 Å². The van der Waals surface area contributed by atoms with Crippen molar-refractivity contribution in [1.82, 2.24) is 0 Å². The maximum atomic E-state index is 12.6. The lowest BCUT2D eigenvalue weighted by Gasteiger charge is -2.27. The van der Waals surface area contributed by atoms with E-state index in [1.807, 2.05) is 13.8 Å². The molecular formula is C23H34O7. The van der Waals surface area contributed by atoms with E-state index < -0.39 is 42.1 Å². The normalized spacial score (nSPS) is 32.3. The summed E-state index contributed by atoms with van der Waals surface area (Å²) in [5, 5.41) is 51.0. The van der Waals surface area contributed by atoms with Crippen LogP contribution in [0.1, 0.15) is 61.0 Å². The van der Waals surface area contributed by atoms with Crippen molar-refractivity contribution in [1.29, 1.82) is 0 Å². The lowest BCUT2D eigenvalue weighted by molar-refractivity contribution is -0.140. The summed E-state index contributed by atoms with van der Waals surface area (Å²) in [6.45, 7) is 5.64. The first-order chi connectivity index (χ1) is 14.0. The maximum Gasteiger partial charge on any atom is 0.336 e. The first kappa shape index (κ1) is 24.5. The van der Waals surface area contributed by atoms with Gasteiger partial charge in [-0.1, -0.05) is 32.0 Å². The molecule has 0 saturated heterocycles. The Hall–Kier alpha value is -1.80. The Morgan fingerprint density at radius 2 is 1.73 bits per heavy atom. The van der Waals surface area contributed by atoms with Crippen LogP contribution in [0.3, 0.4) is 0 Å². The molecule has 0 heterocycles. The summed E-state index contributed by atoms with van der Waals surface area (Å²) in [6.07, 6.45) is -4.02. The molecule has 1 aromatic rings. The van der Waals surface area contributed by atoms with E-state index in [2.05, 4.69) is 0 Å². The summed E-state index contributed by atoms with van der Waals surface area (Å²) in [5.41, 5.74) is 1.24. The fraction of sp³-hybridized carbons (Fsp3) is 0.652. The maximum absolute atomic E-state index is 12.6. The van der Waals surface area contributed by atoms with Crippen LogP contribution in [0.15, 0.2) is 18.2 Å². The van der Waals surface area contributed by atoms with Crippen molar-refractivity contribution in [2.75, 3.05) is 0 Å². The van der Waals surface area contributed by atoms with Gasteiger partial charge < -0.3 is 25.5 Å². The molecule has 7 unspecified atom stereocenters. The van der Waals surface area contributed by atoms with E-state index in [9.17, 15) is 35.1 Å². The van der Waals surface area contributed by atoms with Crippen LogP contribution < -0.4 is 0 Å². The molecule has 0 amide bonds. The Labute approximate surface area is 177 Å². The minimum atomic E-state index is -1.72. The Bertz CT molecular complexity index is 747. The van der Waals surface area contributed by atoms with Crippen LogP contribution in [0.2, 0.25) is 0 Å². The molecule has 0 aliphatic heterocycles. The third-order valence-electron chi connectivity index (χ3n) is 6.21. The number of hydrogen-bond donors (Lipinski definition) is 5. The number of aryl methyl sites for hydroxylation is 1. The molecule has 0 bridgehead atoms. The van der Waals surface area contributed by atoms with Crippen LogP contribution in [-0.4, -0.2) is 61.7 Å². The molecule has 1 aromatic carbocycles. The molecule has 0 radical (unpaired) electrons. The molecule has 5 N–H and O–H groups in total. The summed E-state index contributed by atoms with van der Waals surface area (Å²) in [7, 11) is 0. The van der Waals surface area contributed by atoms with Gasteiger partial charge in [0.15, 0.2) is 5.78 Å². The molecule has 1 aliphatic rings. The number of carbonyl (C=O) groups excluding carboxylic acids is 1. The Morgan fingerprint density at radius 1 is 1.10 bits per heavy atom. The summed E-state index contributed by atoms with van der Waals surface area (Å²) < 4.78 is 0. The smallest absolute Gasteiger partial charge is 0.336 e. The first-order valence-corrected chi connectivity index (χ1v) is 10.6. The number of aliphatic hydroxyl groups excluding tert-OH is 4. The predicted octanol–water partition coefficient (Wildman–Crippen LogP) is 1.71. The number of aromatic carboxylic acids is 1. The second kappa shape index (κ2) is 10.5. The summed E-state index contributed by atoms with van der Waals surface area (Å²) in [4.78, 5) is 24.2. The lowest BCUT2D eigenvalue weighted by atomic mass is 9.81. The highest BCUT2D eigenvalue weighted by molar-refractivity contribution is 5.91. The minimum Gasteiger partial charge on any atom is -0.478 e. The lowest BCUT2D eigenvalue weighted by Crippen LogP contribution is -2.43. The summed E-state index contributed by atoms with van der Waals surface area (Å²) >= 11 is 0. The zero-order valence-electron chi connectivity index (χ0n) is 17.9. The molecule has 7 heteroatoms. The highest BCUT2D eigenvalue weighted by Gasteiger charge is 2.35. The second-order valence-corrected chi connectivity index (χ2v) is 9.04. The fourth-order valence-electron chi connectivity index (χ4n) is 4.70. The fourth-order valence-corrected chi connectivity index (χ4v) is 4.70. The number of carbonyl (C=O) groups is 2. The first-order valence-electron chi connectivity index (χ1n) is 10.6. The van der Waals surface area contributed by atoms with Crippen LogP contribution in [0.4, 0.5) is 0 Å². The Balaban J connectivity index is 2.28. The standard InChI is InChI=1S/C23H34O7/c1-12-7-13(2)9-18(25)21(27)22(28)19(26)11-16(8-12)17(24)10-15-6-4-5-14(3)20(15)23(29)30/h4-6,12-13,16-18,21-22,24-25,27-28H,7-11H2,1-3H3,(H,29,30). The number of rotatable bonds is 4. The average molecular weight is 423 g/mol. The largest absolute Gasteiger partial charge is 0.478 e. The van der Waals surface area contributed by atoms with Gasteiger partial charge in [-0.15, -0.1) is 0 Å². The van der Waals surface area contributed by atoms with Gasteiger partial charge in [0.1, 0.15) is 12.2 Å². The van der Waals surface area contributed by atoms with Gasteiger partial charge in [0, 0.05) is 6.42 Å². The zero-order valence-corrected chi connectivity index (χ0v) is 17.9. The zero-order chi connectivity index (χ0) is 22.6. The number of carboxylic acid groups (broad SMARTS) is 1. The number of carboxylic acids is 1. The number of benzene rings is 1. The van der Waals surface area contributed by atoms with Crippen molar-refractivity contribution in [2.45, 2.75) is 77.3 Å². The van der Waals surface area contributed by atoms with Crippen molar-refractivity contribution in [3.8, 4) is 0 Å². The molecule has 30 heavy (non-hydrogen) atoms. The molecule has 1 saturated carbocycles. The van der Waals surface area contributed by atoms with Crippen molar-refractivity contribution < 1.29 is 35.1 Å². The molecule has 2 rings (SSSR count). The van der Waals surface area contributed by atoms with E-state index in [1.54, 1.807) is 25.1 Å². The molecule has 1 fully saturated rings. The number of hydrogen-bond acceptors (Lipinski definition) is 6. The van der Waals surface area contributed by atoms with Gasteiger partial charge in [-0.3, -0.25) is 4.79 Å². The van der Waals surface area contributed by atoms with Gasteiger partial charge in [0.25, 0.3) is 0 Å². The predicted molar refractivity (Wildman–Crippen MR) is 111 cm³/mol. The molecule has 1 aliphatic carbocycles. The molecule has 168 valence electrons. The summed E-state index contributed by atoms with van der Waals surface area (Å²) in [6, 6.07) is 5.09. The number of Topliss-reactive ketones (excluding diaryl/α,β-unsaturated/α-hetero) is 1. The van der Waals surface area contributed by atoms with Gasteiger partial charge in [0.05, 0.1) is 17.8 Å². The highest BCUT2D eigenvalue weighted by Crippen LogP contribution is 2.30. The SMILES string of the molecule is Cc1cccc(CC(O)C2CC(=O)C(O)C(O)C(O)CC(C)CC(C)C2)c1C(=O)O. The number of aliphatic hydroxyl groups is 4. The molecular weight excluding hydrogens is 388 g/mol. The summed E-state index contributed by atoms with van der Waals surface area (Å²) in [5.74, 6) is -1.99. The van der Waals surface area contributed by atoms with Gasteiger partial charge in [-0.25, -0.2) is 4.79 Å². The van der Waals surface area contributed by atoms with Crippen molar-refractivity contribution in [3.05, 3.63) is 34.9 Å². The van der Waals surface area contributed by atoms with Crippen LogP contribution in [0.25, 0.3) is 0 Å². The topological polar surface area (TPSA) is 135 Å². The minimum absolute atomic E-state index is 0.0678. The Morgan fingerprint density at radius 3 is 2.37 bits per heavy atom. The molecule has 0 spiro atoms. The van der Waals surface area contributed by atoms with Crippen LogP contribution in [-0.2, 0) is 11.2 Å². The second-order valence-electron chi connectivity index (χ2n) is 9.04.